The number of rotatable bonds is 5. The van der Waals surface area contributed by atoms with Crippen molar-refractivity contribution in [2.24, 2.45) is 28.2 Å². The number of carbonyl (C=O) groups is 2. The molecule has 6 rings (SSSR count). The fourth-order valence-electron chi connectivity index (χ4n) is 6.62. The fraction of sp³-hybridized carbons (Fsp3) is 0.609. The first-order valence-electron chi connectivity index (χ1n) is 10.9. The maximum absolute atomic E-state index is 12.9. The molecule has 160 valence electrons. The molecule has 5 fully saturated rings. The van der Waals surface area contributed by atoms with Crippen molar-refractivity contribution in [2.45, 2.75) is 56.6 Å². The summed E-state index contributed by atoms with van der Waals surface area (Å²) in [6, 6.07) is 7.10. The van der Waals surface area contributed by atoms with Crippen LogP contribution in [0.3, 0.4) is 0 Å². The van der Waals surface area contributed by atoms with E-state index in [0.29, 0.717) is 27.8 Å². The first-order chi connectivity index (χ1) is 14.4. The van der Waals surface area contributed by atoms with Crippen LogP contribution in [0, 0.1) is 23.2 Å². The summed E-state index contributed by atoms with van der Waals surface area (Å²) in [5, 5.41) is 9.83. The lowest BCUT2D eigenvalue weighted by molar-refractivity contribution is -0.139. The van der Waals surface area contributed by atoms with Gasteiger partial charge in [0.2, 0.25) is 5.91 Å². The normalized spacial score (nSPS) is 36.5. The van der Waals surface area contributed by atoms with E-state index in [1.807, 2.05) is 0 Å². The Morgan fingerprint density at radius 2 is 1.73 bits per heavy atom. The van der Waals surface area contributed by atoms with Crippen molar-refractivity contribution in [3.05, 3.63) is 29.3 Å². The van der Waals surface area contributed by atoms with E-state index in [2.05, 4.69) is 4.99 Å². The molecule has 1 aromatic carbocycles. The van der Waals surface area contributed by atoms with Crippen LogP contribution in [0.5, 0.6) is 0 Å². The first kappa shape index (κ1) is 20.4. The summed E-state index contributed by atoms with van der Waals surface area (Å²) in [6.45, 7) is 0.636. The summed E-state index contributed by atoms with van der Waals surface area (Å²) in [5.41, 5.74) is 1.05. The number of hydrogen-bond acceptors (Lipinski definition) is 4. The van der Waals surface area contributed by atoms with Gasteiger partial charge in [0.15, 0.2) is 5.17 Å². The minimum Gasteiger partial charge on any atom is -0.480 e. The zero-order chi connectivity index (χ0) is 20.9. The molecule has 4 aliphatic carbocycles. The zero-order valence-corrected chi connectivity index (χ0v) is 18.5. The summed E-state index contributed by atoms with van der Waals surface area (Å²) in [6.07, 6.45) is 9.14. The highest BCUT2D eigenvalue weighted by Gasteiger charge is 2.51. The molecular formula is C23H27ClN2O3S. The number of benzene rings is 1. The molecule has 4 saturated carbocycles. The van der Waals surface area contributed by atoms with Crippen LogP contribution in [0.25, 0.3) is 0 Å². The van der Waals surface area contributed by atoms with E-state index in [1.54, 1.807) is 29.2 Å². The molecule has 4 bridgehead atoms. The second-order valence-corrected chi connectivity index (χ2v) is 11.3. The quantitative estimate of drug-likeness (QED) is 0.661. The SMILES string of the molecule is O=C(O)C1CC(=O)N(CCC23CC4CC(CC(C4)C2)C3)/C(=N/c2ccc(Cl)cc2)S1. The Morgan fingerprint density at radius 1 is 1.13 bits per heavy atom. The van der Waals surface area contributed by atoms with Crippen LogP contribution in [-0.2, 0) is 9.59 Å². The highest BCUT2D eigenvalue weighted by Crippen LogP contribution is 2.61. The van der Waals surface area contributed by atoms with E-state index in [0.717, 1.165) is 24.2 Å². The second-order valence-electron chi connectivity index (χ2n) is 9.73. The third-order valence-electron chi connectivity index (χ3n) is 7.50. The molecule has 1 aliphatic heterocycles. The summed E-state index contributed by atoms with van der Waals surface area (Å²) >= 11 is 7.16. The van der Waals surface area contributed by atoms with Crippen molar-refractivity contribution in [3.63, 3.8) is 0 Å². The summed E-state index contributed by atoms with van der Waals surface area (Å²) in [5.74, 6) is 1.54. The van der Waals surface area contributed by atoms with Crippen molar-refractivity contribution in [2.75, 3.05) is 6.54 Å². The van der Waals surface area contributed by atoms with E-state index in [1.165, 1.54) is 50.3 Å². The van der Waals surface area contributed by atoms with Crippen molar-refractivity contribution >= 4 is 46.1 Å². The molecule has 1 saturated heterocycles. The van der Waals surface area contributed by atoms with Gasteiger partial charge >= 0.3 is 5.97 Å². The number of thioether (sulfide) groups is 1. The molecule has 1 atom stereocenters. The van der Waals surface area contributed by atoms with Gasteiger partial charge in [0.25, 0.3) is 0 Å². The topological polar surface area (TPSA) is 70.0 Å². The smallest absolute Gasteiger partial charge is 0.317 e. The number of aliphatic imine (C=N–C) groups is 1. The van der Waals surface area contributed by atoms with Gasteiger partial charge in [-0.05, 0) is 92.4 Å². The summed E-state index contributed by atoms with van der Waals surface area (Å²) < 4.78 is 0. The molecule has 0 spiro atoms. The minimum atomic E-state index is -0.960. The third kappa shape index (κ3) is 4.01. The minimum absolute atomic E-state index is 0.0283. The molecule has 0 aromatic heterocycles. The lowest BCUT2D eigenvalue weighted by atomic mass is 9.49. The molecule has 1 unspecified atom stereocenters. The number of carbonyl (C=O) groups excluding carboxylic acids is 1. The Bertz CT molecular complexity index is 850. The molecule has 1 aromatic rings. The Kier molecular flexibility index (Phi) is 5.34. The number of nitrogens with zero attached hydrogens (tertiary/aromatic N) is 2. The van der Waals surface area contributed by atoms with Gasteiger partial charge in [0.05, 0.1) is 12.1 Å². The van der Waals surface area contributed by atoms with Crippen molar-refractivity contribution in [1.82, 2.24) is 4.90 Å². The fourth-order valence-corrected chi connectivity index (χ4v) is 7.81. The van der Waals surface area contributed by atoms with Crippen molar-refractivity contribution in [3.8, 4) is 0 Å². The highest BCUT2D eigenvalue weighted by molar-refractivity contribution is 8.15. The average molecular weight is 447 g/mol. The van der Waals surface area contributed by atoms with Crippen molar-refractivity contribution < 1.29 is 14.7 Å². The average Bonchev–Trinajstić information content (AvgIpc) is 2.68. The van der Waals surface area contributed by atoms with E-state index >= 15 is 0 Å². The molecule has 1 heterocycles. The van der Waals surface area contributed by atoms with Crippen LogP contribution in [0.4, 0.5) is 5.69 Å². The van der Waals surface area contributed by atoms with Gasteiger partial charge in [-0.15, -0.1) is 0 Å². The first-order valence-corrected chi connectivity index (χ1v) is 12.2. The van der Waals surface area contributed by atoms with Crippen LogP contribution in [0.1, 0.15) is 51.4 Å². The predicted octanol–water partition coefficient (Wildman–Crippen LogP) is 5.35. The van der Waals surface area contributed by atoms with E-state index in [-0.39, 0.29) is 12.3 Å². The van der Waals surface area contributed by atoms with Crippen LogP contribution in [0.2, 0.25) is 5.02 Å². The Balaban J connectivity index is 1.36. The number of aliphatic carboxylic acids is 1. The maximum atomic E-state index is 12.9. The van der Waals surface area contributed by atoms with Gasteiger partial charge < -0.3 is 5.11 Å². The van der Waals surface area contributed by atoms with Crippen molar-refractivity contribution in [1.29, 1.82) is 0 Å². The van der Waals surface area contributed by atoms with Gasteiger partial charge in [0.1, 0.15) is 5.25 Å². The van der Waals surface area contributed by atoms with Gasteiger partial charge in [-0.2, -0.15) is 0 Å². The number of halogens is 1. The number of amidine groups is 1. The summed E-state index contributed by atoms with van der Waals surface area (Å²) in [4.78, 5) is 30.9. The standard InChI is InChI=1S/C23H27ClN2O3S/c24-17-1-3-18(4-2-17)25-22-26(20(27)10-19(30-22)21(28)29)6-5-23-11-14-7-15(12-23)9-16(8-14)13-23/h1-4,14-16,19H,5-13H2,(H,28,29)/b25-22-. The summed E-state index contributed by atoms with van der Waals surface area (Å²) in [7, 11) is 0. The molecule has 5 aliphatic rings. The third-order valence-corrected chi connectivity index (χ3v) is 8.92. The number of carboxylic acid groups (broad SMARTS) is 1. The van der Waals surface area contributed by atoms with Crippen LogP contribution in [-0.4, -0.2) is 38.8 Å². The number of amides is 1. The van der Waals surface area contributed by atoms with Gasteiger partial charge in [-0.3, -0.25) is 14.5 Å². The van der Waals surface area contributed by atoms with Gasteiger partial charge in [-0.1, -0.05) is 23.4 Å². The van der Waals surface area contributed by atoms with Gasteiger partial charge in [0, 0.05) is 11.6 Å². The second kappa shape index (κ2) is 7.86. The Morgan fingerprint density at radius 3 is 2.30 bits per heavy atom. The van der Waals surface area contributed by atoms with Crippen LogP contribution < -0.4 is 0 Å². The zero-order valence-electron chi connectivity index (χ0n) is 16.9. The van der Waals surface area contributed by atoms with E-state index in [4.69, 9.17) is 11.6 Å². The molecule has 1 N–H and O–H groups in total. The molecular weight excluding hydrogens is 420 g/mol. The number of hydrogen-bond donors (Lipinski definition) is 1. The monoisotopic (exact) mass is 446 g/mol. The molecule has 30 heavy (non-hydrogen) atoms. The highest BCUT2D eigenvalue weighted by atomic mass is 35.5. The number of carboxylic acids is 1. The van der Waals surface area contributed by atoms with Gasteiger partial charge in [-0.25, -0.2) is 4.99 Å². The van der Waals surface area contributed by atoms with E-state index < -0.39 is 11.2 Å². The molecule has 7 heteroatoms. The van der Waals surface area contributed by atoms with E-state index in [9.17, 15) is 14.7 Å². The lowest BCUT2D eigenvalue weighted by Gasteiger charge is -2.57. The van der Waals surface area contributed by atoms with Crippen LogP contribution >= 0.6 is 23.4 Å². The Labute approximate surface area is 186 Å². The molecule has 0 radical (unpaired) electrons. The maximum Gasteiger partial charge on any atom is 0.317 e. The van der Waals surface area contributed by atoms with Crippen LogP contribution in [0.15, 0.2) is 29.3 Å². The lowest BCUT2D eigenvalue weighted by Crippen LogP contribution is -2.49. The molecule has 5 nitrogen and oxygen atoms in total. The Hall–Kier alpha value is -1.53. The largest absolute Gasteiger partial charge is 0.480 e. The predicted molar refractivity (Wildman–Crippen MR) is 119 cm³/mol. The molecule has 1 amide bonds.